The third-order valence-electron chi connectivity index (χ3n) is 4.60. The van der Waals surface area contributed by atoms with Crippen molar-refractivity contribution in [1.82, 2.24) is 19.6 Å². The van der Waals surface area contributed by atoms with Crippen molar-refractivity contribution in [3.8, 4) is 0 Å². The molecule has 1 saturated carbocycles. The number of hydrogen-bond donors (Lipinski definition) is 1. The molecular formula is C19H17ClF3N5O. The zero-order valence-corrected chi connectivity index (χ0v) is 15.9. The van der Waals surface area contributed by atoms with Gasteiger partial charge in [0.25, 0.3) is 0 Å². The third kappa shape index (κ3) is 4.61. The fourth-order valence-corrected chi connectivity index (χ4v) is 3.25. The van der Waals surface area contributed by atoms with Gasteiger partial charge in [-0.2, -0.15) is 23.4 Å². The van der Waals surface area contributed by atoms with Crippen LogP contribution in [-0.2, 0) is 24.1 Å². The summed E-state index contributed by atoms with van der Waals surface area (Å²) in [5.74, 6) is -0.439. The van der Waals surface area contributed by atoms with Crippen molar-refractivity contribution in [1.29, 1.82) is 0 Å². The van der Waals surface area contributed by atoms with Crippen LogP contribution >= 0.6 is 11.6 Å². The van der Waals surface area contributed by atoms with Crippen molar-refractivity contribution in [2.24, 2.45) is 0 Å². The standard InChI is InChI=1S/C19H17ClF3N5O/c20-15-4-2-1-3-13(15)9-27-10-14(8-24-27)25-18(29)11-28-16(12-5-6-12)7-17(26-28)19(21,22)23/h1-4,7-8,10,12H,5-6,9,11H2,(H,25,29). The van der Waals surface area contributed by atoms with Gasteiger partial charge >= 0.3 is 6.18 Å². The monoisotopic (exact) mass is 423 g/mol. The maximum Gasteiger partial charge on any atom is 0.435 e. The van der Waals surface area contributed by atoms with Crippen LogP contribution in [0.1, 0.15) is 35.7 Å². The summed E-state index contributed by atoms with van der Waals surface area (Å²) in [4.78, 5) is 12.3. The van der Waals surface area contributed by atoms with Crippen LogP contribution in [0, 0.1) is 0 Å². The molecule has 1 fully saturated rings. The van der Waals surface area contributed by atoms with Crippen LogP contribution in [0.15, 0.2) is 42.7 Å². The van der Waals surface area contributed by atoms with Gasteiger partial charge in [0.15, 0.2) is 5.69 Å². The highest BCUT2D eigenvalue weighted by atomic mass is 35.5. The van der Waals surface area contributed by atoms with Crippen LogP contribution in [0.25, 0.3) is 0 Å². The van der Waals surface area contributed by atoms with Crippen molar-refractivity contribution in [3.63, 3.8) is 0 Å². The second-order valence-electron chi connectivity index (χ2n) is 6.95. The van der Waals surface area contributed by atoms with Gasteiger partial charge in [-0.15, -0.1) is 0 Å². The van der Waals surface area contributed by atoms with E-state index in [2.05, 4.69) is 15.5 Å². The fraction of sp³-hybridized carbons (Fsp3) is 0.316. The van der Waals surface area contributed by atoms with Gasteiger partial charge in [-0.3, -0.25) is 14.2 Å². The number of amides is 1. The van der Waals surface area contributed by atoms with Crippen LogP contribution in [0.4, 0.5) is 18.9 Å². The van der Waals surface area contributed by atoms with E-state index in [9.17, 15) is 18.0 Å². The molecule has 1 aliphatic rings. The van der Waals surface area contributed by atoms with Gasteiger partial charge in [-0.05, 0) is 30.5 Å². The highest BCUT2D eigenvalue weighted by Crippen LogP contribution is 2.42. The Morgan fingerprint density at radius 3 is 2.72 bits per heavy atom. The number of nitrogens with zero attached hydrogens (tertiary/aromatic N) is 4. The Morgan fingerprint density at radius 2 is 2.03 bits per heavy atom. The first-order valence-corrected chi connectivity index (χ1v) is 9.38. The lowest BCUT2D eigenvalue weighted by atomic mass is 10.2. The lowest BCUT2D eigenvalue weighted by Gasteiger charge is -2.07. The minimum absolute atomic E-state index is 0.0322. The minimum Gasteiger partial charge on any atom is -0.322 e. The molecule has 0 saturated heterocycles. The van der Waals surface area contributed by atoms with Gasteiger partial charge < -0.3 is 5.32 Å². The van der Waals surface area contributed by atoms with Crippen LogP contribution < -0.4 is 5.32 Å². The molecule has 1 amide bonds. The maximum atomic E-state index is 13.0. The van der Waals surface area contributed by atoms with Crippen molar-refractivity contribution < 1.29 is 18.0 Å². The number of carbonyl (C=O) groups excluding carboxylic acids is 1. The van der Waals surface area contributed by atoms with E-state index in [-0.39, 0.29) is 12.5 Å². The number of halogens is 4. The molecule has 0 aliphatic heterocycles. The first-order chi connectivity index (χ1) is 13.8. The van der Waals surface area contributed by atoms with Gasteiger partial charge in [0.2, 0.25) is 5.91 Å². The number of alkyl halides is 3. The third-order valence-corrected chi connectivity index (χ3v) is 4.97. The van der Waals surface area contributed by atoms with Crippen LogP contribution in [0.5, 0.6) is 0 Å². The Kier molecular flexibility index (Phi) is 5.08. The summed E-state index contributed by atoms with van der Waals surface area (Å²) < 4.78 is 41.6. The van der Waals surface area contributed by atoms with Crippen LogP contribution in [-0.4, -0.2) is 25.5 Å². The molecule has 0 spiro atoms. The van der Waals surface area contributed by atoms with E-state index in [0.717, 1.165) is 29.2 Å². The Balaban J connectivity index is 1.42. The molecule has 29 heavy (non-hydrogen) atoms. The lowest BCUT2D eigenvalue weighted by Crippen LogP contribution is -2.21. The molecular weight excluding hydrogens is 407 g/mol. The zero-order chi connectivity index (χ0) is 20.6. The van der Waals surface area contributed by atoms with Crippen molar-refractivity contribution in [3.05, 3.63) is 64.7 Å². The predicted octanol–water partition coefficient (Wildman–Crippen LogP) is 4.32. The lowest BCUT2D eigenvalue weighted by molar-refractivity contribution is -0.141. The zero-order valence-electron chi connectivity index (χ0n) is 15.2. The predicted molar refractivity (Wildman–Crippen MR) is 101 cm³/mol. The van der Waals surface area contributed by atoms with Gasteiger partial charge in [-0.25, -0.2) is 0 Å². The van der Waals surface area contributed by atoms with E-state index >= 15 is 0 Å². The highest BCUT2D eigenvalue weighted by Gasteiger charge is 2.38. The average Bonchev–Trinajstić information content (AvgIpc) is 3.25. The summed E-state index contributed by atoms with van der Waals surface area (Å²) in [6.45, 7) is 0.132. The SMILES string of the molecule is O=C(Cn1nc(C(F)(F)F)cc1C1CC1)Nc1cnn(Cc2ccccc2Cl)c1. The molecule has 0 unspecified atom stereocenters. The minimum atomic E-state index is -4.54. The largest absolute Gasteiger partial charge is 0.435 e. The molecule has 4 rings (SSSR count). The Hall–Kier alpha value is -2.81. The normalized spacial score (nSPS) is 14.2. The second-order valence-corrected chi connectivity index (χ2v) is 7.36. The van der Waals surface area contributed by atoms with E-state index in [1.165, 1.54) is 6.20 Å². The molecule has 1 aromatic carbocycles. The van der Waals surface area contributed by atoms with E-state index in [4.69, 9.17) is 11.6 Å². The van der Waals surface area contributed by atoms with Crippen molar-refractivity contribution in [2.45, 2.75) is 38.0 Å². The molecule has 0 atom stereocenters. The molecule has 0 radical (unpaired) electrons. The summed E-state index contributed by atoms with van der Waals surface area (Å²) in [6.07, 6.45) is 0.179. The topological polar surface area (TPSA) is 64.7 Å². The smallest absolute Gasteiger partial charge is 0.322 e. The summed E-state index contributed by atoms with van der Waals surface area (Å²) in [5.41, 5.74) is 0.792. The molecule has 1 N–H and O–H groups in total. The van der Waals surface area contributed by atoms with Crippen molar-refractivity contribution >= 4 is 23.2 Å². The van der Waals surface area contributed by atoms with Gasteiger partial charge in [-0.1, -0.05) is 29.8 Å². The van der Waals surface area contributed by atoms with Crippen LogP contribution in [0.3, 0.4) is 0 Å². The Labute approximate surface area is 169 Å². The summed E-state index contributed by atoms with van der Waals surface area (Å²) in [5, 5.41) is 11.0. The summed E-state index contributed by atoms with van der Waals surface area (Å²) in [7, 11) is 0. The van der Waals surface area contributed by atoms with Gasteiger partial charge in [0.1, 0.15) is 6.54 Å². The second kappa shape index (κ2) is 7.55. The molecule has 6 nitrogen and oxygen atoms in total. The van der Waals surface area contributed by atoms with E-state index in [1.807, 2.05) is 18.2 Å². The molecule has 0 bridgehead atoms. The first kappa shape index (κ1) is 19.5. The maximum absolute atomic E-state index is 13.0. The van der Waals surface area contributed by atoms with E-state index in [1.54, 1.807) is 16.9 Å². The molecule has 2 heterocycles. The fourth-order valence-electron chi connectivity index (χ4n) is 3.06. The number of aromatic nitrogens is 4. The quantitative estimate of drug-likeness (QED) is 0.642. The van der Waals surface area contributed by atoms with Crippen LogP contribution in [0.2, 0.25) is 5.02 Å². The number of benzene rings is 1. The van der Waals surface area contributed by atoms with E-state index < -0.39 is 17.8 Å². The first-order valence-electron chi connectivity index (χ1n) is 9.00. The van der Waals surface area contributed by atoms with E-state index in [0.29, 0.717) is 22.9 Å². The van der Waals surface area contributed by atoms with Gasteiger partial charge in [0, 0.05) is 22.8 Å². The number of hydrogen-bond acceptors (Lipinski definition) is 3. The molecule has 1 aliphatic carbocycles. The average molecular weight is 424 g/mol. The Morgan fingerprint density at radius 1 is 1.28 bits per heavy atom. The van der Waals surface area contributed by atoms with Crippen molar-refractivity contribution in [2.75, 3.05) is 5.32 Å². The molecule has 2 aromatic heterocycles. The Bertz CT molecular complexity index is 1040. The molecule has 3 aromatic rings. The highest BCUT2D eigenvalue weighted by molar-refractivity contribution is 6.31. The number of rotatable bonds is 6. The number of carbonyl (C=O) groups is 1. The summed E-state index contributed by atoms with van der Waals surface area (Å²) in [6, 6.07) is 8.38. The summed E-state index contributed by atoms with van der Waals surface area (Å²) >= 11 is 6.13. The number of nitrogens with one attached hydrogen (secondary N) is 1. The molecule has 152 valence electrons. The number of anilines is 1. The van der Waals surface area contributed by atoms with Gasteiger partial charge in [0.05, 0.1) is 18.4 Å². The molecule has 10 heteroatoms.